The molecule has 0 radical (unpaired) electrons. The first kappa shape index (κ1) is 20.2. The molecular weight excluding hydrogens is 367 g/mol. The number of methoxy groups -OCH3 is 1. The number of Topliss-reactive ketones (excluding diaryl/α,β-unsaturated/α-hetero) is 1. The van der Waals surface area contributed by atoms with E-state index in [4.69, 9.17) is 4.74 Å². The van der Waals surface area contributed by atoms with Crippen molar-refractivity contribution in [2.45, 2.75) is 12.3 Å². The number of ketones is 1. The van der Waals surface area contributed by atoms with Gasteiger partial charge in [-0.05, 0) is 53.9 Å². The fourth-order valence-corrected chi connectivity index (χ4v) is 3.08. The average Bonchev–Trinajstić information content (AvgIpc) is 2.77. The number of carbonyl (C=O) groups excluding carboxylic acids is 2. The molecule has 0 bridgehead atoms. The predicted octanol–water partition coefficient (Wildman–Crippen LogP) is 5.68. The maximum atomic E-state index is 13.3. The fourth-order valence-electron chi connectivity index (χ4n) is 3.08. The zero-order valence-electron chi connectivity index (χ0n) is 16.0. The van der Waals surface area contributed by atoms with Gasteiger partial charge in [0.25, 0.3) is 0 Å². The van der Waals surface area contributed by atoms with Crippen LogP contribution in [0, 0.1) is 5.82 Å². The zero-order valence-corrected chi connectivity index (χ0v) is 16.0. The second kappa shape index (κ2) is 9.60. The van der Waals surface area contributed by atoms with Crippen LogP contribution < -0.4 is 0 Å². The third-order valence-corrected chi connectivity index (χ3v) is 4.66. The van der Waals surface area contributed by atoms with Crippen LogP contribution in [0.2, 0.25) is 0 Å². The van der Waals surface area contributed by atoms with Crippen LogP contribution in [0.1, 0.15) is 44.2 Å². The van der Waals surface area contributed by atoms with Gasteiger partial charge in [-0.1, -0.05) is 54.6 Å². The number of rotatable bonds is 7. The summed E-state index contributed by atoms with van der Waals surface area (Å²) in [6, 6.07) is 22.2. The van der Waals surface area contributed by atoms with Crippen molar-refractivity contribution in [3.05, 3.63) is 113 Å². The highest BCUT2D eigenvalue weighted by Gasteiger charge is 2.21. The summed E-state index contributed by atoms with van der Waals surface area (Å²) in [5, 5.41) is 0. The van der Waals surface area contributed by atoms with E-state index in [0.29, 0.717) is 17.5 Å². The summed E-state index contributed by atoms with van der Waals surface area (Å²) in [7, 11) is 1.32. The molecule has 4 heteroatoms. The Morgan fingerprint density at radius 2 is 1.52 bits per heavy atom. The lowest BCUT2D eigenvalue weighted by atomic mass is 9.87. The number of esters is 1. The zero-order chi connectivity index (χ0) is 20.6. The van der Waals surface area contributed by atoms with Gasteiger partial charge in [-0.15, -0.1) is 0 Å². The van der Waals surface area contributed by atoms with Crippen molar-refractivity contribution in [2.75, 3.05) is 7.11 Å². The molecular formula is C25H21FO3. The van der Waals surface area contributed by atoms with Gasteiger partial charge < -0.3 is 4.74 Å². The van der Waals surface area contributed by atoms with E-state index in [2.05, 4.69) is 0 Å². The smallest absolute Gasteiger partial charge is 0.337 e. The van der Waals surface area contributed by atoms with Crippen LogP contribution in [0.5, 0.6) is 0 Å². The van der Waals surface area contributed by atoms with E-state index < -0.39 is 11.9 Å². The van der Waals surface area contributed by atoms with E-state index in [1.165, 1.54) is 31.4 Å². The molecule has 0 fully saturated rings. The first-order chi connectivity index (χ1) is 14.1. The topological polar surface area (TPSA) is 43.4 Å². The Hall–Kier alpha value is -3.53. The summed E-state index contributed by atoms with van der Waals surface area (Å²) >= 11 is 0. The molecule has 0 amide bonds. The molecule has 0 aliphatic rings. The van der Waals surface area contributed by atoms with E-state index in [1.807, 2.05) is 42.5 Å². The SMILES string of the molecule is COC(=O)c1ccc(C(CC=Cc2ccccc2)C(=O)c2ccc(F)cc2)cc1. The van der Waals surface area contributed by atoms with Gasteiger partial charge in [-0.3, -0.25) is 4.79 Å². The lowest BCUT2D eigenvalue weighted by Gasteiger charge is -2.15. The maximum Gasteiger partial charge on any atom is 0.337 e. The first-order valence-corrected chi connectivity index (χ1v) is 9.28. The van der Waals surface area contributed by atoms with Gasteiger partial charge in [-0.2, -0.15) is 0 Å². The lowest BCUT2D eigenvalue weighted by molar-refractivity contribution is 0.0600. The molecule has 0 aromatic heterocycles. The highest BCUT2D eigenvalue weighted by molar-refractivity contribution is 6.01. The van der Waals surface area contributed by atoms with Crippen molar-refractivity contribution in [1.29, 1.82) is 0 Å². The Morgan fingerprint density at radius 1 is 0.897 bits per heavy atom. The van der Waals surface area contributed by atoms with Crippen LogP contribution in [0.3, 0.4) is 0 Å². The Balaban J connectivity index is 1.88. The summed E-state index contributed by atoms with van der Waals surface area (Å²) in [4.78, 5) is 24.8. The molecule has 0 aliphatic heterocycles. The van der Waals surface area contributed by atoms with E-state index in [-0.39, 0.29) is 11.6 Å². The van der Waals surface area contributed by atoms with Crippen molar-refractivity contribution >= 4 is 17.8 Å². The molecule has 0 heterocycles. The standard InChI is InChI=1S/C25H21FO3/c1-29-25(28)21-12-10-19(11-13-21)23(9-5-8-18-6-3-2-4-7-18)24(27)20-14-16-22(26)17-15-20/h2-8,10-17,23H,9H2,1H3. The van der Waals surface area contributed by atoms with Gasteiger partial charge in [-0.25, -0.2) is 9.18 Å². The highest BCUT2D eigenvalue weighted by atomic mass is 19.1. The van der Waals surface area contributed by atoms with Crippen molar-refractivity contribution in [3.63, 3.8) is 0 Å². The summed E-state index contributed by atoms with van der Waals surface area (Å²) in [5.41, 5.74) is 2.69. The number of hydrogen-bond acceptors (Lipinski definition) is 3. The number of carbonyl (C=O) groups is 2. The molecule has 0 N–H and O–H groups in total. The molecule has 3 rings (SSSR count). The van der Waals surface area contributed by atoms with E-state index >= 15 is 0 Å². The molecule has 0 saturated carbocycles. The third-order valence-electron chi connectivity index (χ3n) is 4.66. The average molecular weight is 388 g/mol. The van der Waals surface area contributed by atoms with Gasteiger partial charge in [0.15, 0.2) is 5.78 Å². The molecule has 0 saturated heterocycles. The minimum Gasteiger partial charge on any atom is -0.465 e. The number of benzene rings is 3. The van der Waals surface area contributed by atoms with Gasteiger partial charge >= 0.3 is 5.97 Å². The van der Waals surface area contributed by atoms with Crippen LogP contribution in [0.25, 0.3) is 6.08 Å². The lowest BCUT2D eigenvalue weighted by Crippen LogP contribution is -2.13. The second-order valence-electron chi connectivity index (χ2n) is 6.59. The van der Waals surface area contributed by atoms with Gasteiger partial charge in [0.1, 0.15) is 5.82 Å². The van der Waals surface area contributed by atoms with Crippen molar-refractivity contribution in [1.82, 2.24) is 0 Å². The normalized spacial score (nSPS) is 11.9. The maximum absolute atomic E-state index is 13.3. The van der Waals surface area contributed by atoms with Crippen LogP contribution in [-0.2, 0) is 4.74 Å². The van der Waals surface area contributed by atoms with Crippen LogP contribution in [0.4, 0.5) is 4.39 Å². The van der Waals surface area contributed by atoms with Crippen molar-refractivity contribution in [3.8, 4) is 0 Å². The van der Waals surface area contributed by atoms with Crippen LogP contribution in [-0.4, -0.2) is 18.9 Å². The quantitative estimate of drug-likeness (QED) is 0.386. The minimum absolute atomic E-state index is 0.103. The van der Waals surface area contributed by atoms with E-state index in [9.17, 15) is 14.0 Å². The van der Waals surface area contributed by atoms with Crippen LogP contribution >= 0.6 is 0 Å². The number of allylic oxidation sites excluding steroid dienone is 1. The molecule has 0 spiro atoms. The monoisotopic (exact) mass is 388 g/mol. The number of hydrogen-bond donors (Lipinski definition) is 0. The van der Waals surface area contributed by atoms with E-state index in [0.717, 1.165) is 11.1 Å². The van der Waals surface area contributed by atoms with Gasteiger partial charge in [0.05, 0.1) is 18.6 Å². The summed E-state index contributed by atoms with van der Waals surface area (Å²) in [6.45, 7) is 0. The molecule has 3 nitrogen and oxygen atoms in total. The largest absolute Gasteiger partial charge is 0.465 e. The molecule has 1 atom stereocenters. The fraction of sp³-hybridized carbons (Fsp3) is 0.120. The summed E-state index contributed by atoms with van der Waals surface area (Å²) in [5.74, 6) is -1.37. The molecule has 3 aromatic carbocycles. The number of ether oxygens (including phenoxy) is 1. The number of halogens is 1. The van der Waals surface area contributed by atoms with Crippen molar-refractivity contribution < 1.29 is 18.7 Å². The molecule has 3 aromatic rings. The highest BCUT2D eigenvalue weighted by Crippen LogP contribution is 2.26. The summed E-state index contributed by atoms with van der Waals surface area (Å²) in [6.07, 6.45) is 4.39. The predicted molar refractivity (Wildman–Crippen MR) is 111 cm³/mol. The molecule has 146 valence electrons. The Bertz CT molecular complexity index is 991. The van der Waals surface area contributed by atoms with Crippen LogP contribution in [0.15, 0.2) is 84.9 Å². The first-order valence-electron chi connectivity index (χ1n) is 9.28. The Kier molecular flexibility index (Phi) is 6.69. The molecule has 1 unspecified atom stereocenters. The van der Waals surface area contributed by atoms with Crippen molar-refractivity contribution in [2.24, 2.45) is 0 Å². The third kappa shape index (κ3) is 5.26. The Morgan fingerprint density at radius 3 is 2.14 bits per heavy atom. The Labute approximate surface area is 169 Å². The second-order valence-corrected chi connectivity index (χ2v) is 6.59. The molecule has 0 aliphatic carbocycles. The van der Waals surface area contributed by atoms with Gasteiger partial charge in [0.2, 0.25) is 0 Å². The summed E-state index contributed by atoms with van der Waals surface area (Å²) < 4.78 is 18.0. The molecule has 29 heavy (non-hydrogen) atoms. The minimum atomic E-state index is -0.452. The van der Waals surface area contributed by atoms with E-state index in [1.54, 1.807) is 24.3 Å². The van der Waals surface area contributed by atoms with Gasteiger partial charge in [0, 0.05) is 5.56 Å².